The third-order valence-electron chi connectivity index (χ3n) is 3.35. The number of aromatic nitrogens is 6. The van der Waals surface area contributed by atoms with Crippen LogP contribution in [0, 0.1) is 0 Å². The van der Waals surface area contributed by atoms with Crippen LogP contribution in [0.25, 0.3) is 33.7 Å². The first-order valence-electron chi connectivity index (χ1n) is 6.64. The minimum atomic E-state index is -0.162. The van der Waals surface area contributed by atoms with Crippen LogP contribution in [-0.2, 0) is 0 Å². The minimum Gasteiger partial charge on any atom is -0.306 e. The standard InChI is InChI=1S/C15H10N6O/c22-15-11-6-1-2-7-12(11)16-13(17-15)9-4-3-5-10(8-9)14-18-20-21-19-14/h1-8H,(H,16,17,22)(H,18,19,20,21). The third kappa shape index (κ3) is 2.05. The summed E-state index contributed by atoms with van der Waals surface area (Å²) in [5, 5.41) is 14.4. The number of aromatic amines is 2. The first-order valence-corrected chi connectivity index (χ1v) is 6.64. The molecular formula is C15H10N6O. The Morgan fingerprint density at radius 1 is 0.955 bits per heavy atom. The van der Waals surface area contributed by atoms with Crippen molar-refractivity contribution in [3.63, 3.8) is 0 Å². The van der Waals surface area contributed by atoms with Crippen molar-refractivity contribution in [1.29, 1.82) is 0 Å². The van der Waals surface area contributed by atoms with E-state index < -0.39 is 0 Å². The fraction of sp³-hybridized carbons (Fsp3) is 0. The molecule has 0 aliphatic carbocycles. The van der Waals surface area contributed by atoms with Crippen LogP contribution in [0.1, 0.15) is 0 Å². The van der Waals surface area contributed by atoms with Crippen LogP contribution in [0.2, 0.25) is 0 Å². The molecule has 4 aromatic rings. The van der Waals surface area contributed by atoms with Gasteiger partial charge in [-0.3, -0.25) is 4.79 Å². The van der Waals surface area contributed by atoms with E-state index >= 15 is 0 Å². The van der Waals surface area contributed by atoms with Crippen molar-refractivity contribution < 1.29 is 0 Å². The van der Waals surface area contributed by atoms with Crippen molar-refractivity contribution in [3.8, 4) is 22.8 Å². The van der Waals surface area contributed by atoms with Gasteiger partial charge in [0.1, 0.15) is 5.82 Å². The van der Waals surface area contributed by atoms with Gasteiger partial charge in [-0.1, -0.05) is 30.3 Å². The van der Waals surface area contributed by atoms with Gasteiger partial charge < -0.3 is 4.98 Å². The van der Waals surface area contributed by atoms with Gasteiger partial charge in [0, 0.05) is 11.1 Å². The molecule has 0 unspecified atom stereocenters. The molecule has 0 aliphatic heterocycles. The van der Waals surface area contributed by atoms with Crippen LogP contribution >= 0.6 is 0 Å². The number of H-pyrrole nitrogens is 2. The normalized spacial score (nSPS) is 10.9. The number of para-hydroxylation sites is 1. The maximum atomic E-state index is 12.2. The zero-order valence-electron chi connectivity index (χ0n) is 11.3. The number of hydrogen-bond donors (Lipinski definition) is 2. The van der Waals surface area contributed by atoms with Gasteiger partial charge in [-0.25, -0.2) is 4.98 Å². The largest absolute Gasteiger partial charge is 0.306 e. The number of nitrogens with one attached hydrogen (secondary N) is 2. The lowest BCUT2D eigenvalue weighted by molar-refractivity contribution is 0.881. The topological polar surface area (TPSA) is 100 Å². The Bertz CT molecular complexity index is 1010. The van der Waals surface area contributed by atoms with E-state index in [9.17, 15) is 4.79 Å². The van der Waals surface area contributed by atoms with Crippen LogP contribution in [0.4, 0.5) is 0 Å². The lowest BCUT2D eigenvalue weighted by Gasteiger charge is -2.04. The predicted octanol–water partition coefficient (Wildman–Crippen LogP) is 1.77. The van der Waals surface area contributed by atoms with E-state index in [1.807, 2.05) is 42.5 Å². The zero-order valence-corrected chi connectivity index (χ0v) is 11.3. The fourth-order valence-electron chi connectivity index (χ4n) is 2.31. The van der Waals surface area contributed by atoms with Crippen LogP contribution in [0.3, 0.4) is 0 Å². The zero-order chi connectivity index (χ0) is 14.9. The third-order valence-corrected chi connectivity index (χ3v) is 3.35. The number of tetrazole rings is 1. The molecule has 0 saturated heterocycles. The quantitative estimate of drug-likeness (QED) is 0.586. The van der Waals surface area contributed by atoms with Gasteiger partial charge >= 0.3 is 0 Å². The van der Waals surface area contributed by atoms with Gasteiger partial charge in [0.2, 0.25) is 5.82 Å². The van der Waals surface area contributed by atoms with Crippen molar-refractivity contribution in [2.75, 3.05) is 0 Å². The van der Waals surface area contributed by atoms with E-state index in [-0.39, 0.29) is 5.56 Å². The second kappa shape index (κ2) is 4.88. The highest BCUT2D eigenvalue weighted by atomic mass is 16.1. The summed E-state index contributed by atoms with van der Waals surface area (Å²) in [5.74, 6) is 0.999. The van der Waals surface area contributed by atoms with Crippen LogP contribution in [0.15, 0.2) is 53.3 Å². The molecule has 0 spiro atoms. The van der Waals surface area contributed by atoms with Gasteiger partial charge in [0.15, 0.2) is 0 Å². The lowest BCUT2D eigenvalue weighted by Crippen LogP contribution is -2.09. The number of fused-ring (bicyclic) bond motifs is 1. The van der Waals surface area contributed by atoms with Crippen molar-refractivity contribution >= 4 is 10.9 Å². The van der Waals surface area contributed by atoms with E-state index in [0.29, 0.717) is 22.6 Å². The summed E-state index contributed by atoms with van der Waals surface area (Å²) in [6, 6.07) is 14.7. The molecule has 106 valence electrons. The van der Waals surface area contributed by atoms with E-state index in [2.05, 4.69) is 30.6 Å². The van der Waals surface area contributed by atoms with Gasteiger partial charge in [0.05, 0.1) is 10.9 Å². The highest BCUT2D eigenvalue weighted by Crippen LogP contribution is 2.21. The maximum Gasteiger partial charge on any atom is 0.259 e. The molecule has 0 bridgehead atoms. The van der Waals surface area contributed by atoms with Crippen LogP contribution < -0.4 is 5.56 Å². The second-order valence-electron chi connectivity index (χ2n) is 4.75. The molecule has 0 fully saturated rings. The molecule has 2 aromatic carbocycles. The van der Waals surface area contributed by atoms with Crippen molar-refractivity contribution in [3.05, 3.63) is 58.9 Å². The minimum absolute atomic E-state index is 0.162. The molecule has 0 atom stereocenters. The molecule has 7 heteroatoms. The Morgan fingerprint density at radius 3 is 2.68 bits per heavy atom. The van der Waals surface area contributed by atoms with Gasteiger partial charge in [-0.2, -0.15) is 5.21 Å². The smallest absolute Gasteiger partial charge is 0.259 e. The van der Waals surface area contributed by atoms with E-state index in [4.69, 9.17) is 0 Å². The summed E-state index contributed by atoms with van der Waals surface area (Å²) < 4.78 is 0. The molecule has 0 saturated carbocycles. The molecule has 0 aliphatic rings. The molecule has 2 heterocycles. The highest BCUT2D eigenvalue weighted by molar-refractivity contribution is 5.79. The number of hydrogen-bond acceptors (Lipinski definition) is 5. The van der Waals surface area contributed by atoms with Gasteiger partial charge in [-0.05, 0) is 23.4 Å². The molecular weight excluding hydrogens is 280 g/mol. The summed E-state index contributed by atoms with van der Waals surface area (Å²) >= 11 is 0. The summed E-state index contributed by atoms with van der Waals surface area (Å²) in [4.78, 5) is 19.5. The van der Waals surface area contributed by atoms with Gasteiger partial charge in [0.25, 0.3) is 5.56 Å². The molecule has 7 nitrogen and oxygen atoms in total. The van der Waals surface area contributed by atoms with Crippen molar-refractivity contribution in [2.24, 2.45) is 0 Å². The molecule has 2 aromatic heterocycles. The molecule has 22 heavy (non-hydrogen) atoms. The second-order valence-corrected chi connectivity index (χ2v) is 4.75. The van der Waals surface area contributed by atoms with Crippen LogP contribution in [0.5, 0.6) is 0 Å². The maximum absolute atomic E-state index is 12.2. The van der Waals surface area contributed by atoms with Crippen LogP contribution in [-0.4, -0.2) is 30.6 Å². The Kier molecular flexibility index (Phi) is 2.75. The summed E-state index contributed by atoms with van der Waals surface area (Å²) in [7, 11) is 0. The summed E-state index contributed by atoms with van der Waals surface area (Å²) in [6.45, 7) is 0. The lowest BCUT2D eigenvalue weighted by atomic mass is 10.1. The highest BCUT2D eigenvalue weighted by Gasteiger charge is 2.08. The van der Waals surface area contributed by atoms with E-state index in [1.54, 1.807) is 6.07 Å². The van der Waals surface area contributed by atoms with Crippen molar-refractivity contribution in [2.45, 2.75) is 0 Å². The Hall–Kier alpha value is -3.35. The Morgan fingerprint density at radius 2 is 1.82 bits per heavy atom. The first kappa shape index (κ1) is 12.4. The predicted molar refractivity (Wildman–Crippen MR) is 81.0 cm³/mol. The average molecular weight is 290 g/mol. The number of rotatable bonds is 2. The number of nitrogens with zero attached hydrogens (tertiary/aromatic N) is 4. The molecule has 2 N–H and O–H groups in total. The first-order chi connectivity index (χ1) is 10.8. The number of benzene rings is 2. The average Bonchev–Trinajstić information content (AvgIpc) is 3.09. The fourth-order valence-corrected chi connectivity index (χ4v) is 2.31. The molecule has 4 rings (SSSR count). The monoisotopic (exact) mass is 290 g/mol. The molecule has 0 amide bonds. The Labute approximate surface area is 124 Å². The van der Waals surface area contributed by atoms with Crippen molar-refractivity contribution in [1.82, 2.24) is 30.6 Å². The summed E-state index contributed by atoms with van der Waals surface area (Å²) in [6.07, 6.45) is 0. The van der Waals surface area contributed by atoms with Gasteiger partial charge in [-0.15, -0.1) is 10.2 Å². The summed E-state index contributed by atoms with van der Waals surface area (Å²) in [5.41, 5.74) is 2.07. The van der Waals surface area contributed by atoms with E-state index in [0.717, 1.165) is 11.1 Å². The van der Waals surface area contributed by atoms with E-state index in [1.165, 1.54) is 0 Å². The Balaban J connectivity index is 1.89. The molecule has 0 radical (unpaired) electrons. The SMILES string of the molecule is O=c1[nH]c(-c2cccc(-c3nn[nH]n3)c2)nc2ccccc12.